The minimum Gasteiger partial charge on any atom is -0.352 e. The van der Waals surface area contributed by atoms with Crippen molar-refractivity contribution in [2.24, 2.45) is 5.41 Å². The quantitative estimate of drug-likeness (QED) is 0.550. The Kier molecular flexibility index (Phi) is 4.54. The number of hydrogen-bond acceptors (Lipinski definition) is 5. The molecule has 7 heteroatoms. The molecule has 156 valence electrons. The average molecular weight is 423 g/mol. The first kappa shape index (κ1) is 19.4. The molecule has 1 aromatic heterocycles. The summed E-state index contributed by atoms with van der Waals surface area (Å²) in [7, 11) is 0. The number of fused-ring (bicyclic) bond motifs is 5. The van der Waals surface area contributed by atoms with E-state index < -0.39 is 5.41 Å². The highest BCUT2D eigenvalue weighted by atomic mass is 32.1. The number of carbonyl (C=O) groups excluding carboxylic acids is 2. The Morgan fingerprint density at radius 2 is 1.80 bits per heavy atom. The minimum atomic E-state index is -1.13. The molecule has 1 spiro atoms. The molecule has 2 fully saturated rings. The Hall–Kier alpha value is -2.54. The van der Waals surface area contributed by atoms with Crippen molar-refractivity contribution in [2.45, 2.75) is 45.6 Å². The normalized spacial score (nSPS) is 23.2. The second-order valence-corrected chi connectivity index (χ2v) is 8.76. The molecular formula is C23H26N4O2S. The zero-order valence-electron chi connectivity index (χ0n) is 17.4. The molecule has 0 radical (unpaired) electrons. The number of benzene rings is 1. The molecule has 0 N–H and O–H groups in total. The predicted molar refractivity (Wildman–Crippen MR) is 120 cm³/mol. The van der Waals surface area contributed by atoms with E-state index >= 15 is 0 Å². The van der Waals surface area contributed by atoms with E-state index in [1.807, 2.05) is 38.1 Å². The van der Waals surface area contributed by atoms with Crippen LogP contribution in [0.2, 0.25) is 0 Å². The van der Waals surface area contributed by atoms with Gasteiger partial charge in [0.15, 0.2) is 10.5 Å². The zero-order valence-corrected chi connectivity index (χ0v) is 18.2. The largest absolute Gasteiger partial charge is 0.352 e. The maximum absolute atomic E-state index is 13.9. The number of hydrogen-bond donors (Lipinski definition) is 0. The fourth-order valence-electron chi connectivity index (χ4n) is 5.53. The summed E-state index contributed by atoms with van der Waals surface area (Å²) < 4.78 is 0. The van der Waals surface area contributed by atoms with E-state index in [2.05, 4.69) is 11.0 Å². The molecule has 6 nitrogen and oxygen atoms in total. The summed E-state index contributed by atoms with van der Waals surface area (Å²) in [6.07, 6.45) is 3.24. The third kappa shape index (κ3) is 2.47. The van der Waals surface area contributed by atoms with Crippen LogP contribution in [0.1, 0.15) is 38.7 Å². The van der Waals surface area contributed by atoms with Crippen LogP contribution in [0.3, 0.4) is 0 Å². The second-order valence-electron chi connectivity index (χ2n) is 8.40. The lowest BCUT2D eigenvalue weighted by atomic mass is 9.66. The highest BCUT2D eigenvalue weighted by Gasteiger charge is 2.63. The van der Waals surface area contributed by atoms with Gasteiger partial charge >= 0.3 is 0 Å². The maximum Gasteiger partial charge on any atom is 0.246 e. The molecule has 0 bridgehead atoms. The van der Waals surface area contributed by atoms with Crippen molar-refractivity contribution in [3.8, 4) is 0 Å². The summed E-state index contributed by atoms with van der Waals surface area (Å²) in [5.74, 6) is 0.657. The van der Waals surface area contributed by atoms with Crippen molar-refractivity contribution in [3.05, 3.63) is 35.9 Å². The van der Waals surface area contributed by atoms with Crippen LogP contribution in [0.15, 0.2) is 30.3 Å². The molecule has 3 aliphatic heterocycles. The summed E-state index contributed by atoms with van der Waals surface area (Å²) in [6.45, 7) is 5.60. The van der Waals surface area contributed by atoms with Crippen LogP contribution in [-0.4, -0.2) is 57.4 Å². The molecule has 30 heavy (non-hydrogen) atoms. The number of thiocarbonyl (C=S) groups is 1. The highest BCUT2D eigenvalue weighted by Crippen LogP contribution is 2.48. The van der Waals surface area contributed by atoms with Gasteiger partial charge in [-0.25, -0.2) is 4.98 Å². The SMILES string of the molecule is CCN1C(=O)C2(Cc3cc4ccccc4nc3N3CCCC[C@H]32)C(=O)N(CC)C1=S. The summed E-state index contributed by atoms with van der Waals surface area (Å²) in [5, 5.41) is 1.37. The summed E-state index contributed by atoms with van der Waals surface area (Å²) >= 11 is 5.53. The van der Waals surface area contributed by atoms with Crippen molar-refractivity contribution in [1.29, 1.82) is 0 Å². The third-order valence-electron chi connectivity index (χ3n) is 6.94. The van der Waals surface area contributed by atoms with E-state index in [0.29, 0.717) is 24.6 Å². The van der Waals surface area contributed by atoms with E-state index in [4.69, 9.17) is 17.2 Å². The van der Waals surface area contributed by atoms with Gasteiger partial charge in [-0.3, -0.25) is 19.4 Å². The number of nitrogens with zero attached hydrogens (tertiary/aromatic N) is 4. The number of carbonyl (C=O) groups is 2. The second kappa shape index (κ2) is 7.01. The molecule has 2 aromatic rings. The van der Waals surface area contributed by atoms with Crippen LogP contribution in [0, 0.1) is 5.41 Å². The molecule has 5 rings (SSSR count). The molecule has 2 saturated heterocycles. The van der Waals surface area contributed by atoms with E-state index in [-0.39, 0.29) is 17.9 Å². The van der Waals surface area contributed by atoms with Gasteiger partial charge in [0.05, 0.1) is 11.6 Å². The lowest BCUT2D eigenvalue weighted by molar-refractivity contribution is -0.159. The fraction of sp³-hybridized carbons (Fsp3) is 0.478. The van der Waals surface area contributed by atoms with Gasteiger partial charge < -0.3 is 4.90 Å². The lowest BCUT2D eigenvalue weighted by Crippen LogP contribution is -2.73. The molecule has 0 aliphatic carbocycles. The van der Waals surface area contributed by atoms with E-state index in [0.717, 1.165) is 48.1 Å². The standard InChI is InChI=1S/C23H26N4O2S/c1-3-25-20(28)23(21(29)26(4-2)22(25)30)14-16-13-15-9-5-6-10-17(15)24-19(16)27-12-8-7-11-18(23)27/h5-6,9-10,13,18H,3-4,7-8,11-12,14H2,1-2H3/t18-/m0/s1. The van der Waals surface area contributed by atoms with Crippen LogP contribution in [-0.2, 0) is 16.0 Å². The Bertz CT molecular complexity index is 1040. The van der Waals surface area contributed by atoms with Crippen molar-refractivity contribution in [1.82, 2.24) is 14.8 Å². The van der Waals surface area contributed by atoms with Gasteiger partial charge in [0, 0.05) is 31.4 Å². The first-order chi connectivity index (χ1) is 14.5. The molecule has 3 aliphatic rings. The van der Waals surface area contributed by atoms with Crippen LogP contribution in [0.4, 0.5) is 5.82 Å². The molecular weight excluding hydrogens is 396 g/mol. The summed E-state index contributed by atoms with van der Waals surface area (Å²) in [6, 6.07) is 9.97. The topological polar surface area (TPSA) is 56.8 Å². The number of amides is 2. The number of anilines is 1. The average Bonchev–Trinajstić information content (AvgIpc) is 2.77. The van der Waals surface area contributed by atoms with Crippen molar-refractivity contribution >= 4 is 45.9 Å². The number of rotatable bonds is 2. The van der Waals surface area contributed by atoms with Gasteiger partial charge in [-0.1, -0.05) is 18.2 Å². The molecule has 0 saturated carbocycles. The van der Waals surface area contributed by atoms with Crippen LogP contribution in [0.5, 0.6) is 0 Å². The van der Waals surface area contributed by atoms with Gasteiger partial charge in [-0.05, 0) is 63.0 Å². The monoisotopic (exact) mass is 422 g/mol. The highest BCUT2D eigenvalue weighted by molar-refractivity contribution is 7.80. The first-order valence-electron chi connectivity index (χ1n) is 10.9. The first-order valence-corrected chi connectivity index (χ1v) is 11.3. The van der Waals surface area contributed by atoms with Gasteiger partial charge in [0.1, 0.15) is 5.82 Å². The van der Waals surface area contributed by atoms with E-state index in [1.54, 1.807) is 9.80 Å². The van der Waals surface area contributed by atoms with Gasteiger partial charge in [-0.15, -0.1) is 0 Å². The Morgan fingerprint density at radius 1 is 1.10 bits per heavy atom. The van der Waals surface area contributed by atoms with Crippen LogP contribution in [0.25, 0.3) is 10.9 Å². The van der Waals surface area contributed by atoms with Crippen LogP contribution < -0.4 is 4.90 Å². The third-order valence-corrected chi connectivity index (χ3v) is 7.38. The van der Waals surface area contributed by atoms with E-state index in [1.165, 1.54) is 0 Å². The zero-order chi connectivity index (χ0) is 21.0. The minimum absolute atomic E-state index is 0.139. The molecule has 0 unspecified atom stereocenters. The van der Waals surface area contributed by atoms with Crippen molar-refractivity contribution in [3.63, 3.8) is 0 Å². The van der Waals surface area contributed by atoms with Gasteiger partial charge in [-0.2, -0.15) is 0 Å². The number of piperidine rings is 1. The Balaban J connectivity index is 1.73. The summed E-state index contributed by atoms with van der Waals surface area (Å²) in [4.78, 5) is 38.2. The molecule has 1 aromatic carbocycles. The Morgan fingerprint density at radius 3 is 2.50 bits per heavy atom. The Labute approximate surface area is 181 Å². The number of aromatic nitrogens is 1. The van der Waals surface area contributed by atoms with Gasteiger partial charge in [0.25, 0.3) is 0 Å². The number of pyridine rings is 1. The molecule has 1 atom stereocenters. The lowest BCUT2D eigenvalue weighted by Gasteiger charge is -2.55. The van der Waals surface area contributed by atoms with Crippen molar-refractivity contribution in [2.75, 3.05) is 24.5 Å². The predicted octanol–water partition coefficient (Wildman–Crippen LogP) is 3.13. The van der Waals surface area contributed by atoms with Crippen LogP contribution >= 0.6 is 12.2 Å². The van der Waals surface area contributed by atoms with E-state index in [9.17, 15) is 9.59 Å². The maximum atomic E-state index is 13.9. The van der Waals surface area contributed by atoms with Gasteiger partial charge in [0.2, 0.25) is 11.8 Å². The molecule has 4 heterocycles. The fourth-order valence-corrected chi connectivity index (χ4v) is 5.95. The van der Waals surface area contributed by atoms with Crippen molar-refractivity contribution < 1.29 is 9.59 Å². The molecule has 2 amide bonds. The number of para-hydroxylation sites is 1. The smallest absolute Gasteiger partial charge is 0.246 e. The summed E-state index contributed by atoms with van der Waals surface area (Å²) in [5.41, 5.74) is 0.796.